The predicted molar refractivity (Wildman–Crippen MR) is 79.0 cm³/mol. The third-order valence-corrected chi connectivity index (χ3v) is 3.70. The molecule has 1 fully saturated rings. The molecule has 1 unspecified atom stereocenters. The average molecular weight is 292 g/mol. The smallest absolute Gasteiger partial charge is 0.274 e. The van der Waals surface area contributed by atoms with Crippen LogP contribution in [0.2, 0.25) is 0 Å². The average Bonchev–Trinajstić information content (AvgIpc) is 2.91. The zero-order chi connectivity index (χ0) is 15.4. The van der Waals surface area contributed by atoms with Crippen molar-refractivity contribution in [2.75, 3.05) is 20.1 Å². The van der Waals surface area contributed by atoms with Crippen LogP contribution in [0, 0.1) is 10.1 Å². The van der Waals surface area contributed by atoms with Gasteiger partial charge in [0.2, 0.25) is 5.91 Å². The maximum atomic E-state index is 11.1. The largest absolute Gasteiger partial charge is 0.366 e. The van der Waals surface area contributed by atoms with Crippen molar-refractivity contribution >= 4 is 11.6 Å². The lowest BCUT2D eigenvalue weighted by Gasteiger charge is -2.21. The Hall–Kier alpha value is -1.99. The van der Waals surface area contributed by atoms with Gasteiger partial charge in [-0.1, -0.05) is 6.07 Å². The molecule has 1 aromatic rings. The van der Waals surface area contributed by atoms with Gasteiger partial charge in [-0.15, -0.1) is 0 Å². The highest BCUT2D eigenvalue weighted by Gasteiger charge is 2.20. The fraction of sp³-hybridized carbons (Fsp3) is 0.500. The molecule has 0 aliphatic carbocycles. The molecule has 21 heavy (non-hydrogen) atoms. The minimum absolute atomic E-state index is 0.0578. The Kier molecular flexibility index (Phi) is 4.87. The van der Waals surface area contributed by atoms with Gasteiger partial charge < -0.3 is 16.0 Å². The Balaban J connectivity index is 2.10. The maximum absolute atomic E-state index is 11.1. The Morgan fingerprint density at radius 1 is 1.57 bits per heavy atom. The van der Waals surface area contributed by atoms with Gasteiger partial charge in [0.25, 0.3) is 5.69 Å². The number of amides is 1. The number of carbonyl (C=O) groups is 1. The fourth-order valence-electron chi connectivity index (χ4n) is 2.66. The van der Waals surface area contributed by atoms with Crippen LogP contribution in [0.15, 0.2) is 18.2 Å². The summed E-state index contributed by atoms with van der Waals surface area (Å²) in [4.78, 5) is 23.8. The topological polar surface area (TPSA) is 102 Å². The molecule has 1 aromatic carbocycles. The molecule has 1 saturated heterocycles. The number of nitrogens with one attached hydrogen (secondary N) is 1. The lowest BCUT2D eigenvalue weighted by molar-refractivity contribution is -0.385. The van der Waals surface area contributed by atoms with Crippen molar-refractivity contribution in [3.63, 3.8) is 0 Å². The van der Waals surface area contributed by atoms with E-state index in [1.807, 2.05) is 7.05 Å². The molecule has 0 spiro atoms. The molecule has 114 valence electrons. The van der Waals surface area contributed by atoms with Gasteiger partial charge in [-0.3, -0.25) is 14.9 Å². The van der Waals surface area contributed by atoms with Crippen molar-refractivity contribution in [2.24, 2.45) is 5.73 Å². The first kappa shape index (κ1) is 15.4. The highest BCUT2D eigenvalue weighted by Crippen LogP contribution is 2.22. The highest BCUT2D eigenvalue weighted by atomic mass is 16.6. The summed E-state index contributed by atoms with van der Waals surface area (Å²) in [6, 6.07) is 4.83. The molecule has 1 atom stereocenters. The van der Waals surface area contributed by atoms with Gasteiger partial charge in [0.1, 0.15) is 0 Å². The molecule has 7 heteroatoms. The van der Waals surface area contributed by atoms with E-state index in [0.29, 0.717) is 18.2 Å². The Morgan fingerprint density at radius 2 is 2.33 bits per heavy atom. The predicted octanol–water partition coefficient (Wildman–Crippen LogP) is 0.877. The van der Waals surface area contributed by atoms with E-state index in [-0.39, 0.29) is 11.3 Å². The number of nitro groups is 1. The van der Waals surface area contributed by atoms with Gasteiger partial charge in [-0.05, 0) is 32.5 Å². The van der Waals surface area contributed by atoms with E-state index in [2.05, 4.69) is 10.2 Å². The summed E-state index contributed by atoms with van der Waals surface area (Å²) in [6.45, 7) is 2.34. The van der Waals surface area contributed by atoms with E-state index < -0.39 is 10.8 Å². The molecule has 3 N–H and O–H groups in total. The minimum Gasteiger partial charge on any atom is -0.366 e. The zero-order valence-corrected chi connectivity index (χ0v) is 12.0. The number of nitro benzene ring substituents is 1. The van der Waals surface area contributed by atoms with Gasteiger partial charge in [-0.2, -0.15) is 0 Å². The number of primary amides is 1. The van der Waals surface area contributed by atoms with Crippen LogP contribution in [0.5, 0.6) is 0 Å². The first-order valence-corrected chi connectivity index (χ1v) is 6.96. The first-order chi connectivity index (χ1) is 9.97. The molecule has 0 aromatic heterocycles. The van der Waals surface area contributed by atoms with Gasteiger partial charge in [0.05, 0.1) is 4.92 Å². The van der Waals surface area contributed by atoms with Crippen molar-refractivity contribution in [1.82, 2.24) is 10.2 Å². The van der Waals surface area contributed by atoms with Crippen molar-refractivity contribution in [2.45, 2.75) is 25.4 Å². The maximum Gasteiger partial charge on any atom is 0.274 e. The molecule has 1 heterocycles. The summed E-state index contributed by atoms with van der Waals surface area (Å²) in [6.07, 6.45) is 2.30. The van der Waals surface area contributed by atoms with Crippen molar-refractivity contribution in [1.29, 1.82) is 0 Å². The van der Waals surface area contributed by atoms with Crippen LogP contribution in [0.25, 0.3) is 0 Å². The summed E-state index contributed by atoms with van der Waals surface area (Å²) >= 11 is 0. The standard InChI is InChI=1S/C14H20N4O3/c1-17(9-12-3-2-6-16-12)8-11-5-4-10(14(15)19)7-13(11)18(20)21/h4-5,7,12,16H,2-3,6,8-9H2,1H3,(H2,15,19). The number of hydrogen-bond acceptors (Lipinski definition) is 5. The summed E-state index contributed by atoms with van der Waals surface area (Å²) in [5.41, 5.74) is 5.85. The summed E-state index contributed by atoms with van der Waals surface area (Å²) in [7, 11) is 1.94. The number of carbonyl (C=O) groups excluding carboxylic acids is 1. The molecular weight excluding hydrogens is 272 g/mol. The van der Waals surface area contributed by atoms with Gasteiger partial charge >= 0.3 is 0 Å². The van der Waals surface area contributed by atoms with Gasteiger partial charge in [0, 0.05) is 36.3 Å². The molecule has 0 bridgehead atoms. The van der Waals surface area contributed by atoms with E-state index in [4.69, 9.17) is 5.73 Å². The molecule has 2 rings (SSSR count). The SMILES string of the molecule is CN(Cc1ccc(C(N)=O)cc1[N+](=O)[O-])CC1CCCN1. The fourth-order valence-corrected chi connectivity index (χ4v) is 2.66. The second-order valence-corrected chi connectivity index (χ2v) is 5.45. The Bertz CT molecular complexity index is 541. The molecule has 1 aliphatic rings. The quantitative estimate of drug-likeness (QED) is 0.598. The molecular formula is C14H20N4O3. The van der Waals surface area contributed by atoms with Crippen LogP contribution in [0.4, 0.5) is 5.69 Å². The number of nitrogens with two attached hydrogens (primary N) is 1. The highest BCUT2D eigenvalue weighted by molar-refractivity contribution is 5.93. The van der Waals surface area contributed by atoms with Crippen LogP contribution in [0.3, 0.4) is 0 Å². The van der Waals surface area contributed by atoms with Crippen LogP contribution in [0.1, 0.15) is 28.8 Å². The molecule has 7 nitrogen and oxygen atoms in total. The number of hydrogen-bond donors (Lipinski definition) is 2. The summed E-state index contributed by atoms with van der Waals surface area (Å²) < 4.78 is 0. The third-order valence-electron chi connectivity index (χ3n) is 3.70. The molecule has 0 radical (unpaired) electrons. The lowest BCUT2D eigenvalue weighted by Crippen LogP contribution is -2.35. The second kappa shape index (κ2) is 6.64. The van der Waals surface area contributed by atoms with Crippen LogP contribution < -0.4 is 11.1 Å². The van der Waals surface area contributed by atoms with Crippen molar-refractivity contribution in [3.8, 4) is 0 Å². The number of benzene rings is 1. The van der Waals surface area contributed by atoms with Crippen LogP contribution >= 0.6 is 0 Å². The van der Waals surface area contributed by atoms with Crippen molar-refractivity contribution < 1.29 is 9.72 Å². The minimum atomic E-state index is -0.659. The Morgan fingerprint density at radius 3 is 2.90 bits per heavy atom. The first-order valence-electron chi connectivity index (χ1n) is 6.96. The number of rotatable bonds is 6. The second-order valence-electron chi connectivity index (χ2n) is 5.45. The monoisotopic (exact) mass is 292 g/mol. The number of likely N-dealkylation sites (N-methyl/N-ethyl adjacent to an activating group) is 1. The van der Waals surface area contributed by atoms with Gasteiger partial charge in [-0.25, -0.2) is 0 Å². The lowest BCUT2D eigenvalue weighted by atomic mass is 10.1. The Labute approximate surface area is 123 Å². The van der Waals surface area contributed by atoms with E-state index in [1.165, 1.54) is 18.6 Å². The number of nitrogens with zero attached hydrogens (tertiary/aromatic N) is 2. The van der Waals surface area contributed by atoms with E-state index in [1.54, 1.807) is 6.07 Å². The molecule has 1 amide bonds. The van der Waals surface area contributed by atoms with Crippen molar-refractivity contribution in [3.05, 3.63) is 39.4 Å². The normalized spacial score (nSPS) is 18.1. The summed E-state index contributed by atoms with van der Waals surface area (Å²) in [5.74, 6) is -0.659. The van der Waals surface area contributed by atoms with E-state index in [9.17, 15) is 14.9 Å². The summed E-state index contributed by atoms with van der Waals surface area (Å²) in [5, 5.41) is 14.5. The molecule has 0 saturated carbocycles. The van der Waals surface area contributed by atoms with Gasteiger partial charge in [0.15, 0.2) is 0 Å². The van der Waals surface area contributed by atoms with Crippen LogP contribution in [-0.2, 0) is 6.54 Å². The third kappa shape index (κ3) is 3.99. The van der Waals surface area contributed by atoms with Crippen LogP contribution in [-0.4, -0.2) is 41.9 Å². The van der Waals surface area contributed by atoms with E-state index in [0.717, 1.165) is 19.5 Å². The van der Waals surface area contributed by atoms with E-state index >= 15 is 0 Å². The molecule has 1 aliphatic heterocycles. The zero-order valence-electron chi connectivity index (χ0n) is 12.0.